The Hall–Kier alpha value is -1.58. The lowest BCUT2D eigenvalue weighted by atomic mass is 10.2. The molecule has 0 fully saturated rings. The predicted octanol–water partition coefficient (Wildman–Crippen LogP) is 1.56. The number of aromatic hydroxyl groups is 1. The highest BCUT2D eigenvalue weighted by molar-refractivity contribution is 5.51. The number of nitrogens with zero attached hydrogens (tertiary/aromatic N) is 3. The topological polar surface area (TPSA) is 50.4 Å². The fourth-order valence-electron chi connectivity index (χ4n) is 1.15. The summed E-state index contributed by atoms with van der Waals surface area (Å²) < 4.78 is 1.59. The molecule has 0 spiro atoms. The van der Waals surface area contributed by atoms with Gasteiger partial charge >= 0.3 is 0 Å². The zero-order valence-corrected chi connectivity index (χ0v) is 7.60. The van der Waals surface area contributed by atoms with Gasteiger partial charge in [0.2, 0.25) is 0 Å². The Morgan fingerprint density at radius 3 is 2.85 bits per heavy atom. The maximum absolute atomic E-state index is 9.44. The summed E-state index contributed by atoms with van der Waals surface area (Å²) in [6.07, 6.45) is 1.77. The molecular weight excluding hydrogens is 166 g/mol. The zero-order valence-electron chi connectivity index (χ0n) is 7.60. The molecule has 0 aromatic carbocycles. The molecule has 0 saturated carbocycles. The molecule has 0 aliphatic rings. The van der Waals surface area contributed by atoms with E-state index >= 15 is 0 Å². The van der Waals surface area contributed by atoms with Gasteiger partial charge in [-0.05, 0) is 12.1 Å². The van der Waals surface area contributed by atoms with Crippen molar-refractivity contribution in [2.45, 2.75) is 19.8 Å². The standard InChI is InChI=1S/C9H11N3O/c1-6(2)8-10-9-7(13)4-3-5-12(9)11-8/h3-6,13H,1-2H3. The van der Waals surface area contributed by atoms with E-state index in [-0.39, 0.29) is 11.7 Å². The molecule has 13 heavy (non-hydrogen) atoms. The molecule has 2 aromatic heterocycles. The molecule has 0 radical (unpaired) electrons. The summed E-state index contributed by atoms with van der Waals surface area (Å²) in [7, 11) is 0. The predicted molar refractivity (Wildman–Crippen MR) is 48.7 cm³/mol. The molecule has 1 N–H and O–H groups in total. The maximum Gasteiger partial charge on any atom is 0.197 e. The third kappa shape index (κ3) is 1.24. The Balaban J connectivity index is 2.68. The minimum atomic E-state index is 0.168. The van der Waals surface area contributed by atoms with Gasteiger partial charge in [-0.2, -0.15) is 5.10 Å². The summed E-state index contributed by atoms with van der Waals surface area (Å²) in [5.41, 5.74) is 0.520. The highest BCUT2D eigenvalue weighted by Gasteiger charge is 2.09. The molecule has 0 aliphatic heterocycles. The van der Waals surface area contributed by atoms with E-state index in [1.807, 2.05) is 13.8 Å². The van der Waals surface area contributed by atoms with Gasteiger partial charge in [0.1, 0.15) is 0 Å². The van der Waals surface area contributed by atoms with Crippen molar-refractivity contribution in [3.63, 3.8) is 0 Å². The van der Waals surface area contributed by atoms with Crippen LogP contribution in [0.4, 0.5) is 0 Å². The van der Waals surface area contributed by atoms with E-state index < -0.39 is 0 Å². The van der Waals surface area contributed by atoms with Gasteiger partial charge in [-0.1, -0.05) is 13.8 Å². The second-order valence-corrected chi connectivity index (χ2v) is 3.29. The molecular formula is C9H11N3O. The molecule has 0 saturated heterocycles. The summed E-state index contributed by atoms with van der Waals surface area (Å²) in [5, 5.41) is 13.7. The van der Waals surface area contributed by atoms with Crippen LogP contribution in [0.5, 0.6) is 5.75 Å². The Morgan fingerprint density at radius 2 is 2.23 bits per heavy atom. The van der Waals surface area contributed by atoms with E-state index in [1.54, 1.807) is 22.8 Å². The van der Waals surface area contributed by atoms with Crippen molar-refractivity contribution in [2.24, 2.45) is 0 Å². The van der Waals surface area contributed by atoms with Crippen LogP contribution in [0.3, 0.4) is 0 Å². The van der Waals surface area contributed by atoms with Crippen molar-refractivity contribution in [1.29, 1.82) is 0 Å². The summed E-state index contributed by atoms with van der Waals surface area (Å²) >= 11 is 0. The van der Waals surface area contributed by atoms with Crippen LogP contribution in [-0.2, 0) is 0 Å². The lowest BCUT2D eigenvalue weighted by Crippen LogP contribution is -1.90. The number of aromatic nitrogens is 3. The van der Waals surface area contributed by atoms with Crippen LogP contribution in [0.15, 0.2) is 18.3 Å². The first kappa shape index (κ1) is 8.04. The van der Waals surface area contributed by atoms with Crippen LogP contribution in [0, 0.1) is 0 Å². The Labute approximate surface area is 75.8 Å². The quantitative estimate of drug-likeness (QED) is 0.719. The molecule has 2 rings (SSSR count). The van der Waals surface area contributed by atoms with E-state index in [0.717, 1.165) is 5.82 Å². The monoisotopic (exact) mass is 177 g/mol. The second-order valence-electron chi connectivity index (χ2n) is 3.29. The van der Waals surface area contributed by atoms with Crippen LogP contribution < -0.4 is 0 Å². The second kappa shape index (κ2) is 2.73. The van der Waals surface area contributed by atoms with E-state index in [4.69, 9.17) is 0 Å². The summed E-state index contributed by atoms with van der Waals surface area (Å²) in [5.74, 6) is 1.20. The zero-order chi connectivity index (χ0) is 9.42. The molecule has 0 aliphatic carbocycles. The smallest absolute Gasteiger partial charge is 0.197 e. The highest BCUT2D eigenvalue weighted by Crippen LogP contribution is 2.17. The number of pyridine rings is 1. The van der Waals surface area contributed by atoms with Crippen molar-refractivity contribution >= 4 is 5.65 Å². The Morgan fingerprint density at radius 1 is 1.46 bits per heavy atom. The SMILES string of the molecule is CC(C)c1nc2c(O)cccn2n1. The van der Waals surface area contributed by atoms with Crippen molar-refractivity contribution in [3.8, 4) is 5.75 Å². The van der Waals surface area contributed by atoms with E-state index in [0.29, 0.717) is 5.65 Å². The van der Waals surface area contributed by atoms with Crippen LogP contribution in [0.1, 0.15) is 25.6 Å². The minimum absolute atomic E-state index is 0.168. The normalized spacial score (nSPS) is 11.3. The molecule has 2 heterocycles. The first-order chi connectivity index (χ1) is 6.18. The average molecular weight is 177 g/mol. The van der Waals surface area contributed by atoms with Crippen molar-refractivity contribution in [1.82, 2.24) is 14.6 Å². The fraction of sp³-hybridized carbons (Fsp3) is 0.333. The number of rotatable bonds is 1. The highest BCUT2D eigenvalue weighted by atomic mass is 16.3. The van der Waals surface area contributed by atoms with E-state index in [9.17, 15) is 5.11 Å². The molecule has 4 nitrogen and oxygen atoms in total. The average Bonchev–Trinajstić information content (AvgIpc) is 2.49. The van der Waals surface area contributed by atoms with Crippen LogP contribution >= 0.6 is 0 Å². The Bertz CT molecular complexity index is 433. The third-order valence-electron chi connectivity index (χ3n) is 1.87. The van der Waals surface area contributed by atoms with Gasteiger partial charge in [0, 0.05) is 12.1 Å². The van der Waals surface area contributed by atoms with Crippen molar-refractivity contribution in [3.05, 3.63) is 24.2 Å². The number of fused-ring (bicyclic) bond motifs is 1. The molecule has 0 amide bonds. The van der Waals surface area contributed by atoms with Crippen LogP contribution in [-0.4, -0.2) is 19.7 Å². The lowest BCUT2D eigenvalue weighted by molar-refractivity contribution is 0.477. The van der Waals surface area contributed by atoms with Crippen molar-refractivity contribution in [2.75, 3.05) is 0 Å². The molecule has 4 heteroatoms. The summed E-state index contributed by atoms with van der Waals surface area (Å²) in [6.45, 7) is 4.04. The van der Waals surface area contributed by atoms with Gasteiger partial charge in [0.15, 0.2) is 17.2 Å². The summed E-state index contributed by atoms with van der Waals surface area (Å²) in [4.78, 5) is 4.21. The molecule has 0 unspecified atom stereocenters. The van der Waals surface area contributed by atoms with Gasteiger partial charge in [0.05, 0.1) is 0 Å². The Kier molecular flexibility index (Phi) is 1.69. The number of hydrogen-bond acceptors (Lipinski definition) is 3. The molecule has 0 bridgehead atoms. The van der Waals surface area contributed by atoms with Gasteiger partial charge < -0.3 is 5.11 Å². The lowest BCUT2D eigenvalue weighted by Gasteiger charge is -1.92. The number of hydrogen-bond donors (Lipinski definition) is 1. The largest absolute Gasteiger partial charge is 0.504 e. The first-order valence-corrected chi connectivity index (χ1v) is 4.22. The molecule has 68 valence electrons. The fourth-order valence-corrected chi connectivity index (χ4v) is 1.15. The minimum Gasteiger partial charge on any atom is -0.504 e. The molecule has 0 atom stereocenters. The molecule has 2 aromatic rings. The van der Waals surface area contributed by atoms with Gasteiger partial charge in [-0.15, -0.1) is 0 Å². The summed E-state index contributed by atoms with van der Waals surface area (Å²) in [6, 6.07) is 3.34. The first-order valence-electron chi connectivity index (χ1n) is 4.22. The third-order valence-corrected chi connectivity index (χ3v) is 1.87. The maximum atomic E-state index is 9.44. The van der Waals surface area contributed by atoms with E-state index in [1.165, 1.54) is 0 Å². The van der Waals surface area contributed by atoms with Gasteiger partial charge in [-0.3, -0.25) is 0 Å². The van der Waals surface area contributed by atoms with Gasteiger partial charge in [-0.25, -0.2) is 9.50 Å². The van der Waals surface area contributed by atoms with Crippen LogP contribution in [0.2, 0.25) is 0 Å². The van der Waals surface area contributed by atoms with Gasteiger partial charge in [0.25, 0.3) is 0 Å². The van der Waals surface area contributed by atoms with E-state index in [2.05, 4.69) is 10.1 Å². The van der Waals surface area contributed by atoms with Crippen LogP contribution in [0.25, 0.3) is 5.65 Å². The van der Waals surface area contributed by atoms with Crippen molar-refractivity contribution < 1.29 is 5.11 Å².